The number of carbonyl (C=O) groups excluding carboxylic acids is 2. The van der Waals surface area contributed by atoms with E-state index < -0.39 is 0 Å². The first kappa shape index (κ1) is 22.4. The molecule has 0 atom stereocenters. The minimum atomic E-state index is -0.252. The molecule has 0 saturated carbocycles. The first-order valence-corrected chi connectivity index (χ1v) is 11.3. The quantitative estimate of drug-likeness (QED) is 0.537. The smallest absolute Gasteiger partial charge is 0.255 e. The Morgan fingerprint density at radius 3 is 2.45 bits per heavy atom. The van der Waals surface area contributed by atoms with Gasteiger partial charge in [-0.2, -0.15) is 0 Å². The molecular weight excluding hydrogens is 414 g/mol. The van der Waals surface area contributed by atoms with Crippen molar-refractivity contribution in [3.8, 4) is 5.75 Å². The molecule has 0 aromatic heterocycles. The SMILES string of the molecule is COc1cccc(C(=O)Nc2ccc(N3CCCC3)c(C(=O)NCCc3ccccc3)c2)c1. The average molecular weight is 444 g/mol. The zero-order valence-corrected chi connectivity index (χ0v) is 18.8. The van der Waals surface area contributed by atoms with Gasteiger partial charge in [-0.15, -0.1) is 0 Å². The number of anilines is 2. The number of nitrogens with zero attached hydrogens (tertiary/aromatic N) is 1. The van der Waals surface area contributed by atoms with E-state index in [4.69, 9.17) is 4.74 Å². The van der Waals surface area contributed by atoms with Crippen molar-refractivity contribution in [1.82, 2.24) is 5.32 Å². The van der Waals surface area contributed by atoms with E-state index >= 15 is 0 Å². The topological polar surface area (TPSA) is 70.7 Å². The Balaban J connectivity index is 1.51. The van der Waals surface area contributed by atoms with Crippen LogP contribution >= 0.6 is 0 Å². The molecule has 4 rings (SSSR count). The molecule has 6 heteroatoms. The van der Waals surface area contributed by atoms with Crippen LogP contribution in [0.25, 0.3) is 0 Å². The maximum atomic E-state index is 13.1. The van der Waals surface area contributed by atoms with Crippen LogP contribution in [0.5, 0.6) is 5.75 Å². The number of hydrogen-bond acceptors (Lipinski definition) is 4. The van der Waals surface area contributed by atoms with Crippen LogP contribution < -0.4 is 20.3 Å². The van der Waals surface area contributed by atoms with Gasteiger partial charge in [-0.25, -0.2) is 0 Å². The Morgan fingerprint density at radius 2 is 1.70 bits per heavy atom. The third-order valence-electron chi connectivity index (χ3n) is 5.82. The van der Waals surface area contributed by atoms with Crippen LogP contribution in [0.1, 0.15) is 39.1 Å². The summed E-state index contributed by atoms with van der Waals surface area (Å²) in [6.07, 6.45) is 2.99. The number of ether oxygens (including phenoxy) is 1. The van der Waals surface area contributed by atoms with E-state index in [1.807, 2.05) is 30.3 Å². The van der Waals surface area contributed by atoms with Crippen molar-refractivity contribution >= 4 is 23.2 Å². The largest absolute Gasteiger partial charge is 0.497 e. The summed E-state index contributed by atoms with van der Waals surface area (Å²) in [5.41, 5.74) is 3.74. The Hall–Kier alpha value is -3.80. The molecule has 1 aliphatic heterocycles. The maximum Gasteiger partial charge on any atom is 0.255 e. The summed E-state index contributed by atoms with van der Waals surface area (Å²) in [6, 6.07) is 22.6. The van der Waals surface area contributed by atoms with Crippen LogP contribution in [0.4, 0.5) is 11.4 Å². The van der Waals surface area contributed by atoms with E-state index in [1.54, 1.807) is 37.4 Å². The summed E-state index contributed by atoms with van der Waals surface area (Å²) < 4.78 is 5.21. The minimum absolute atomic E-state index is 0.134. The molecule has 1 aliphatic rings. The predicted octanol–water partition coefficient (Wildman–Crippen LogP) is 4.52. The van der Waals surface area contributed by atoms with Crippen LogP contribution in [0.15, 0.2) is 72.8 Å². The molecule has 1 saturated heterocycles. The van der Waals surface area contributed by atoms with Gasteiger partial charge in [0.2, 0.25) is 0 Å². The molecule has 1 fully saturated rings. The van der Waals surface area contributed by atoms with Gasteiger partial charge in [0.15, 0.2) is 0 Å². The van der Waals surface area contributed by atoms with Gasteiger partial charge in [0.25, 0.3) is 11.8 Å². The Morgan fingerprint density at radius 1 is 0.909 bits per heavy atom. The molecule has 170 valence electrons. The van der Waals surface area contributed by atoms with Crippen molar-refractivity contribution in [2.75, 3.05) is 37.0 Å². The summed E-state index contributed by atoms with van der Waals surface area (Å²) in [7, 11) is 1.57. The molecule has 33 heavy (non-hydrogen) atoms. The van der Waals surface area contributed by atoms with E-state index in [-0.39, 0.29) is 11.8 Å². The van der Waals surface area contributed by atoms with E-state index in [2.05, 4.69) is 27.7 Å². The number of methoxy groups -OCH3 is 1. The molecule has 0 radical (unpaired) electrons. The fourth-order valence-corrected chi connectivity index (χ4v) is 4.06. The minimum Gasteiger partial charge on any atom is -0.497 e. The van der Waals surface area contributed by atoms with Gasteiger partial charge in [0.1, 0.15) is 5.75 Å². The Kier molecular flexibility index (Phi) is 7.25. The molecular formula is C27H29N3O3. The molecule has 2 amide bonds. The third kappa shape index (κ3) is 5.71. The van der Waals surface area contributed by atoms with Gasteiger partial charge >= 0.3 is 0 Å². The van der Waals surface area contributed by atoms with E-state index in [9.17, 15) is 9.59 Å². The zero-order valence-electron chi connectivity index (χ0n) is 18.8. The normalized spacial score (nSPS) is 12.9. The highest BCUT2D eigenvalue weighted by Crippen LogP contribution is 2.28. The monoisotopic (exact) mass is 443 g/mol. The van der Waals surface area contributed by atoms with Crippen LogP contribution in [0.3, 0.4) is 0 Å². The van der Waals surface area contributed by atoms with Crippen molar-refractivity contribution in [2.45, 2.75) is 19.3 Å². The molecule has 0 unspecified atom stereocenters. The Labute approximate surface area is 194 Å². The first-order chi connectivity index (χ1) is 16.1. The summed E-state index contributed by atoms with van der Waals surface area (Å²) in [4.78, 5) is 28.1. The van der Waals surface area contributed by atoms with Gasteiger partial charge in [0.05, 0.1) is 12.7 Å². The van der Waals surface area contributed by atoms with E-state index in [0.29, 0.717) is 29.1 Å². The molecule has 1 heterocycles. The summed E-state index contributed by atoms with van der Waals surface area (Å²) in [5.74, 6) is 0.231. The lowest BCUT2D eigenvalue weighted by Gasteiger charge is -2.22. The van der Waals surface area contributed by atoms with Gasteiger partial charge in [-0.1, -0.05) is 36.4 Å². The van der Waals surface area contributed by atoms with Crippen molar-refractivity contribution in [3.63, 3.8) is 0 Å². The number of hydrogen-bond donors (Lipinski definition) is 2. The van der Waals surface area contributed by atoms with Crippen molar-refractivity contribution in [1.29, 1.82) is 0 Å². The average Bonchev–Trinajstić information content (AvgIpc) is 3.39. The third-order valence-corrected chi connectivity index (χ3v) is 5.82. The number of nitrogens with one attached hydrogen (secondary N) is 2. The zero-order chi connectivity index (χ0) is 23.0. The lowest BCUT2D eigenvalue weighted by Crippen LogP contribution is -2.29. The van der Waals surface area contributed by atoms with Crippen molar-refractivity contribution in [2.24, 2.45) is 0 Å². The first-order valence-electron chi connectivity index (χ1n) is 11.3. The second-order valence-corrected chi connectivity index (χ2v) is 8.10. The van der Waals surface area contributed by atoms with E-state index in [0.717, 1.165) is 38.0 Å². The summed E-state index contributed by atoms with van der Waals surface area (Å²) >= 11 is 0. The number of amides is 2. The number of benzene rings is 3. The van der Waals surface area contributed by atoms with Crippen LogP contribution in [0.2, 0.25) is 0 Å². The van der Waals surface area contributed by atoms with Gasteiger partial charge in [0, 0.05) is 36.6 Å². The highest BCUT2D eigenvalue weighted by atomic mass is 16.5. The van der Waals surface area contributed by atoms with Crippen molar-refractivity contribution in [3.05, 3.63) is 89.5 Å². The fraction of sp³-hybridized carbons (Fsp3) is 0.259. The molecule has 0 bridgehead atoms. The summed E-state index contributed by atoms with van der Waals surface area (Å²) in [6.45, 7) is 2.41. The predicted molar refractivity (Wildman–Crippen MR) is 131 cm³/mol. The van der Waals surface area contributed by atoms with Crippen LogP contribution in [-0.2, 0) is 6.42 Å². The lowest BCUT2D eigenvalue weighted by molar-refractivity contribution is 0.0953. The second-order valence-electron chi connectivity index (χ2n) is 8.10. The van der Waals surface area contributed by atoms with Crippen LogP contribution in [-0.4, -0.2) is 38.6 Å². The van der Waals surface area contributed by atoms with Gasteiger partial charge < -0.3 is 20.3 Å². The van der Waals surface area contributed by atoms with Crippen LogP contribution in [0, 0.1) is 0 Å². The molecule has 0 spiro atoms. The number of carbonyl (C=O) groups is 2. The molecule has 3 aromatic carbocycles. The standard InChI is InChI=1S/C27H29N3O3/c1-33-23-11-7-10-21(18-23)26(31)29-22-12-13-25(30-16-5-6-17-30)24(19-22)27(32)28-15-14-20-8-3-2-4-9-20/h2-4,7-13,18-19H,5-6,14-17H2,1H3,(H,28,32)(H,29,31). The highest BCUT2D eigenvalue weighted by Gasteiger charge is 2.20. The molecule has 0 aliphatic carbocycles. The fourth-order valence-electron chi connectivity index (χ4n) is 4.06. The lowest BCUT2D eigenvalue weighted by atomic mass is 10.1. The second kappa shape index (κ2) is 10.7. The van der Waals surface area contributed by atoms with Crippen molar-refractivity contribution < 1.29 is 14.3 Å². The van der Waals surface area contributed by atoms with E-state index in [1.165, 1.54) is 5.56 Å². The van der Waals surface area contributed by atoms with Gasteiger partial charge in [-0.05, 0) is 61.2 Å². The molecule has 6 nitrogen and oxygen atoms in total. The molecule has 3 aromatic rings. The van der Waals surface area contributed by atoms with Gasteiger partial charge in [-0.3, -0.25) is 9.59 Å². The number of rotatable bonds is 8. The maximum absolute atomic E-state index is 13.1. The summed E-state index contributed by atoms with van der Waals surface area (Å²) in [5, 5.41) is 5.96. The Bertz CT molecular complexity index is 1110. The molecule has 2 N–H and O–H groups in total. The highest BCUT2D eigenvalue weighted by molar-refractivity contribution is 6.06.